The summed E-state index contributed by atoms with van der Waals surface area (Å²) in [4.78, 5) is 0. The van der Waals surface area contributed by atoms with E-state index in [1.807, 2.05) is 0 Å². The topological polar surface area (TPSA) is 0 Å². The van der Waals surface area contributed by atoms with Crippen molar-refractivity contribution in [1.29, 1.82) is 0 Å². The van der Waals surface area contributed by atoms with E-state index in [0.29, 0.717) is 0 Å². The molecule has 0 N–H and O–H groups in total. The summed E-state index contributed by atoms with van der Waals surface area (Å²) < 4.78 is 0. The predicted octanol–water partition coefficient (Wildman–Crippen LogP) is 12.2. The van der Waals surface area contributed by atoms with E-state index < -0.39 is 8.07 Å². The minimum Gasteiger partial charge on any atom is -0.0984 e. The molecule has 0 fully saturated rings. The van der Waals surface area contributed by atoms with Crippen LogP contribution in [-0.2, 0) is 0 Å². The molecule has 0 amide bonds. The first-order valence-corrected chi connectivity index (χ1v) is 18.4. The summed E-state index contributed by atoms with van der Waals surface area (Å²) in [5.74, 6) is 0. The van der Waals surface area contributed by atoms with Crippen LogP contribution in [0.2, 0.25) is 18.6 Å². The highest BCUT2D eigenvalue weighted by atomic mass is 28.3. The van der Waals surface area contributed by atoms with Gasteiger partial charge >= 0.3 is 0 Å². The molecular weight excluding hydrogens is 400 g/mol. The molecule has 0 aliphatic rings. The standard InChI is InChI=1S/C31H64Si/c1-5-8-11-14-17-20-23-26-29-32(4,30-27-24-21-18-15-12-9-6-2)31-28-25-22-19-16-13-10-7-3/h26,29H,5-25,27-28,30-31H2,1-4H3. The van der Waals surface area contributed by atoms with Crippen molar-refractivity contribution >= 4 is 8.07 Å². The van der Waals surface area contributed by atoms with Crippen molar-refractivity contribution in [2.75, 3.05) is 0 Å². The van der Waals surface area contributed by atoms with Gasteiger partial charge in [0.1, 0.15) is 0 Å². The molecule has 0 nitrogen and oxygen atoms in total. The number of hydrogen-bond acceptors (Lipinski definition) is 0. The number of rotatable bonds is 26. The van der Waals surface area contributed by atoms with Crippen LogP contribution in [0.3, 0.4) is 0 Å². The van der Waals surface area contributed by atoms with Gasteiger partial charge in [-0.25, -0.2) is 0 Å². The number of unbranched alkanes of at least 4 members (excludes halogenated alkanes) is 20. The molecule has 0 aromatic heterocycles. The molecule has 0 spiro atoms. The third-order valence-corrected chi connectivity index (χ3v) is 11.5. The molecule has 0 aliphatic carbocycles. The van der Waals surface area contributed by atoms with Gasteiger partial charge < -0.3 is 0 Å². The Morgan fingerprint density at radius 2 is 0.719 bits per heavy atom. The second-order valence-corrected chi connectivity index (χ2v) is 15.7. The molecule has 0 saturated heterocycles. The Morgan fingerprint density at radius 3 is 1.09 bits per heavy atom. The molecule has 0 rings (SSSR count). The van der Waals surface area contributed by atoms with E-state index in [0.717, 1.165) is 0 Å². The van der Waals surface area contributed by atoms with Gasteiger partial charge in [-0.2, -0.15) is 0 Å². The highest BCUT2D eigenvalue weighted by Crippen LogP contribution is 2.26. The fourth-order valence-corrected chi connectivity index (χ4v) is 8.46. The third-order valence-electron chi connectivity index (χ3n) is 7.45. The molecule has 0 bridgehead atoms. The van der Waals surface area contributed by atoms with Crippen molar-refractivity contribution in [3.63, 3.8) is 0 Å². The maximum Gasteiger partial charge on any atom is 0.0743 e. The van der Waals surface area contributed by atoms with Gasteiger partial charge in [0, 0.05) is 0 Å². The Hall–Kier alpha value is -0.0431. The minimum absolute atomic E-state index is 1.17. The molecule has 0 aromatic rings. The molecule has 0 heterocycles. The lowest BCUT2D eigenvalue weighted by atomic mass is 10.1. The lowest BCUT2D eigenvalue weighted by Crippen LogP contribution is -2.27. The van der Waals surface area contributed by atoms with E-state index in [1.54, 1.807) is 12.1 Å². The first-order chi connectivity index (χ1) is 15.7. The fourth-order valence-electron chi connectivity index (χ4n) is 5.03. The Kier molecular flexibility index (Phi) is 25.5. The molecule has 0 aromatic carbocycles. The first kappa shape index (κ1) is 32.0. The molecule has 0 unspecified atom stereocenters. The lowest BCUT2D eigenvalue weighted by molar-refractivity contribution is 0.580. The zero-order valence-corrected chi connectivity index (χ0v) is 24.3. The summed E-state index contributed by atoms with van der Waals surface area (Å²) in [5, 5.41) is 0. The molecule has 1 heteroatoms. The van der Waals surface area contributed by atoms with Gasteiger partial charge in [-0.05, 0) is 12.8 Å². The van der Waals surface area contributed by atoms with Crippen molar-refractivity contribution in [2.24, 2.45) is 0 Å². The average molecular weight is 465 g/mol. The summed E-state index contributed by atoms with van der Waals surface area (Å²) in [5.41, 5.74) is 2.78. The predicted molar refractivity (Wildman–Crippen MR) is 154 cm³/mol. The van der Waals surface area contributed by atoms with Gasteiger partial charge in [-0.3, -0.25) is 0 Å². The van der Waals surface area contributed by atoms with E-state index in [-0.39, 0.29) is 0 Å². The third kappa shape index (κ3) is 23.1. The van der Waals surface area contributed by atoms with Crippen molar-refractivity contribution in [3.05, 3.63) is 11.8 Å². The van der Waals surface area contributed by atoms with Crippen molar-refractivity contribution < 1.29 is 0 Å². The number of allylic oxidation sites excluding steroid dienone is 1. The van der Waals surface area contributed by atoms with Crippen LogP contribution in [0.4, 0.5) is 0 Å². The largest absolute Gasteiger partial charge is 0.0984 e. The normalized spacial score (nSPS) is 12.2. The monoisotopic (exact) mass is 464 g/mol. The zero-order chi connectivity index (χ0) is 23.6. The summed E-state index contributed by atoms with van der Waals surface area (Å²) in [6, 6.07) is 3.09. The maximum absolute atomic E-state index is 2.78. The maximum atomic E-state index is 2.78. The van der Waals surface area contributed by atoms with Gasteiger partial charge in [0.2, 0.25) is 0 Å². The molecule has 32 heavy (non-hydrogen) atoms. The van der Waals surface area contributed by atoms with E-state index in [9.17, 15) is 0 Å². The van der Waals surface area contributed by atoms with Crippen LogP contribution in [0.25, 0.3) is 0 Å². The summed E-state index contributed by atoms with van der Waals surface area (Å²) in [6.07, 6.45) is 35.8. The second-order valence-electron chi connectivity index (χ2n) is 11.1. The molecule has 0 saturated carbocycles. The SMILES string of the molecule is CCCCCCCCC=C[Si](C)(CCCCCCCCCC)CCCCCCCCCC. The number of hydrogen-bond donors (Lipinski definition) is 0. The summed E-state index contributed by atoms with van der Waals surface area (Å²) in [6.45, 7) is 9.65. The Labute approximate surface area is 206 Å². The van der Waals surface area contributed by atoms with Gasteiger partial charge in [0.05, 0.1) is 8.07 Å². The van der Waals surface area contributed by atoms with Crippen LogP contribution in [0, 0.1) is 0 Å². The van der Waals surface area contributed by atoms with Crippen LogP contribution in [0.15, 0.2) is 11.8 Å². The molecule has 0 atom stereocenters. The van der Waals surface area contributed by atoms with Crippen LogP contribution in [0.5, 0.6) is 0 Å². The average Bonchev–Trinajstić information content (AvgIpc) is 2.79. The van der Waals surface area contributed by atoms with E-state index in [4.69, 9.17) is 0 Å². The quantitative estimate of drug-likeness (QED) is 0.0881. The van der Waals surface area contributed by atoms with Crippen LogP contribution >= 0.6 is 0 Å². The van der Waals surface area contributed by atoms with Crippen molar-refractivity contribution in [1.82, 2.24) is 0 Å². The molecule has 192 valence electrons. The van der Waals surface area contributed by atoms with Crippen molar-refractivity contribution in [3.8, 4) is 0 Å². The Bertz CT molecular complexity index is 353. The van der Waals surface area contributed by atoms with Gasteiger partial charge in [0.15, 0.2) is 0 Å². The zero-order valence-electron chi connectivity index (χ0n) is 23.3. The van der Waals surface area contributed by atoms with E-state index in [2.05, 4.69) is 39.1 Å². The Morgan fingerprint density at radius 1 is 0.406 bits per heavy atom. The highest BCUT2D eigenvalue weighted by Gasteiger charge is 2.22. The second kappa shape index (κ2) is 25.6. The lowest BCUT2D eigenvalue weighted by Gasteiger charge is -2.24. The summed E-state index contributed by atoms with van der Waals surface area (Å²) >= 11 is 0. The van der Waals surface area contributed by atoms with Gasteiger partial charge in [0.25, 0.3) is 0 Å². The van der Waals surface area contributed by atoms with E-state index in [1.165, 1.54) is 148 Å². The van der Waals surface area contributed by atoms with Crippen LogP contribution in [0.1, 0.15) is 168 Å². The smallest absolute Gasteiger partial charge is 0.0743 e. The molecular formula is C31H64Si. The van der Waals surface area contributed by atoms with Crippen LogP contribution in [-0.4, -0.2) is 8.07 Å². The molecule has 0 radical (unpaired) electrons. The van der Waals surface area contributed by atoms with Gasteiger partial charge in [-0.15, -0.1) is 0 Å². The van der Waals surface area contributed by atoms with Crippen LogP contribution < -0.4 is 0 Å². The summed E-state index contributed by atoms with van der Waals surface area (Å²) in [7, 11) is -1.17. The van der Waals surface area contributed by atoms with E-state index >= 15 is 0 Å². The van der Waals surface area contributed by atoms with Crippen molar-refractivity contribution in [2.45, 2.75) is 187 Å². The highest BCUT2D eigenvalue weighted by molar-refractivity contribution is 6.83. The molecule has 0 aliphatic heterocycles. The Balaban J connectivity index is 4.16. The van der Waals surface area contributed by atoms with Gasteiger partial charge in [-0.1, -0.05) is 186 Å². The fraction of sp³-hybridized carbons (Fsp3) is 0.935. The first-order valence-electron chi connectivity index (χ1n) is 15.4. The minimum atomic E-state index is -1.17.